The van der Waals surface area contributed by atoms with Gasteiger partial charge in [0.25, 0.3) is 0 Å². The average molecular weight is 757 g/mol. The summed E-state index contributed by atoms with van der Waals surface area (Å²) in [5.74, 6) is 0. The summed E-state index contributed by atoms with van der Waals surface area (Å²) in [4.78, 5) is 0. The molecular formula is C36H32BBrF6N4O2. The van der Waals surface area contributed by atoms with E-state index < -0.39 is 41.8 Å². The van der Waals surface area contributed by atoms with Crippen molar-refractivity contribution >= 4 is 50.3 Å². The van der Waals surface area contributed by atoms with Gasteiger partial charge in [0.05, 0.1) is 46.5 Å². The fourth-order valence-corrected chi connectivity index (χ4v) is 6.03. The molecule has 0 aliphatic carbocycles. The lowest BCUT2D eigenvalue weighted by Crippen LogP contribution is -2.41. The second kappa shape index (κ2) is 13.2. The molecule has 0 spiro atoms. The largest absolute Gasteiger partial charge is 0.495 e. The molecule has 0 radical (unpaired) electrons. The third-order valence-corrected chi connectivity index (χ3v) is 9.57. The Bertz CT molecular complexity index is 2140. The van der Waals surface area contributed by atoms with Crippen molar-refractivity contribution in [2.24, 2.45) is 0 Å². The van der Waals surface area contributed by atoms with Crippen molar-refractivity contribution in [3.05, 3.63) is 124 Å². The summed E-state index contributed by atoms with van der Waals surface area (Å²) in [5, 5.41) is 10.7. The van der Waals surface area contributed by atoms with Crippen LogP contribution in [-0.4, -0.2) is 37.9 Å². The smallest absolute Gasteiger partial charge is 0.399 e. The highest BCUT2D eigenvalue weighted by Crippen LogP contribution is 2.37. The second-order valence-electron chi connectivity index (χ2n) is 13.1. The summed E-state index contributed by atoms with van der Waals surface area (Å²) < 4.78 is 93.5. The summed E-state index contributed by atoms with van der Waals surface area (Å²) >= 11 is 3.43. The van der Waals surface area contributed by atoms with Gasteiger partial charge in [0, 0.05) is 27.6 Å². The van der Waals surface area contributed by atoms with Crippen LogP contribution in [0.4, 0.5) is 26.3 Å². The monoisotopic (exact) mass is 756 g/mol. The number of alkyl halides is 6. The van der Waals surface area contributed by atoms with Crippen LogP contribution in [0.3, 0.4) is 0 Å². The first-order valence-electron chi connectivity index (χ1n) is 15.7. The maximum atomic E-state index is 13.0. The van der Waals surface area contributed by atoms with Crippen LogP contribution in [0.15, 0.2) is 102 Å². The molecule has 6 aromatic rings. The Morgan fingerprint density at radius 1 is 0.640 bits per heavy atom. The van der Waals surface area contributed by atoms with Gasteiger partial charge in [0.2, 0.25) is 0 Å². The van der Waals surface area contributed by atoms with Gasteiger partial charge in [-0.3, -0.25) is 9.36 Å². The third-order valence-electron chi connectivity index (χ3n) is 8.88. The molecule has 1 saturated heterocycles. The van der Waals surface area contributed by atoms with E-state index in [1.165, 1.54) is 12.1 Å². The topological polar surface area (TPSA) is 54.1 Å². The highest BCUT2D eigenvalue weighted by atomic mass is 79.9. The van der Waals surface area contributed by atoms with Crippen LogP contribution in [-0.2, 0) is 34.8 Å². The minimum absolute atomic E-state index is 0.238. The van der Waals surface area contributed by atoms with Gasteiger partial charge in [0.15, 0.2) is 0 Å². The Kier molecular flexibility index (Phi) is 9.42. The van der Waals surface area contributed by atoms with Gasteiger partial charge < -0.3 is 9.31 Å². The number of benzene rings is 4. The van der Waals surface area contributed by atoms with Crippen LogP contribution in [0.1, 0.15) is 49.9 Å². The Balaban J connectivity index is 0.000000182. The lowest BCUT2D eigenvalue weighted by molar-refractivity contribution is -0.138. The first-order chi connectivity index (χ1) is 23.4. The average Bonchev–Trinajstić information content (AvgIpc) is 3.69. The zero-order valence-electron chi connectivity index (χ0n) is 27.5. The molecule has 7 rings (SSSR count). The van der Waals surface area contributed by atoms with Crippen LogP contribution in [0.25, 0.3) is 21.8 Å². The first kappa shape index (κ1) is 35.7. The molecule has 0 amide bonds. The molecule has 50 heavy (non-hydrogen) atoms. The fourth-order valence-electron chi connectivity index (χ4n) is 5.58. The molecule has 1 aliphatic rings. The van der Waals surface area contributed by atoms with Crippen molar-refractivity contribution in [1.82, 2.24) is 19.6 Å². The normalized spacial score (nSPS) is 15.8. The highest BCUT2D eigenvalue weighted by molar-refractivity contribution is 9.10. The second-order valence-corrected chi connectivity index (χ2v) is 13.9. The van der Waals surface area contributed by atoms with Crippen molar-refractivity contribution < 1.29 is 35.7 Å². The van der Waals surface area contributed by atoms with Crippen molar-refractivity contribution in [2.45, 2.75) is 64.3 Å². The summed E-state index contributed by atoms with van der Waals surface area (Å²) in [6.07, 6.45) is -5.04. The molecule has 0 N–H and O–H groups in total. The van der Waals surface area contributed by atoms with E-state index in [9.17, 15) is 26.3 Å². The Labute approximate surface area is 293 Å². The van der Waals surface area contributed by atoms with Crippen molar-refractivity contribution in [3.63, 3.8) is 0 Å². The highest BCUT2D eigenvalue weighted by Gasteiger charge is 2.52. The van der Waals surface area contributed by atoms with E-state index >= 15 is 0 Å². The molecule has 14 heteroatoms. The number of rotatable bonds is 5. The van der Waals surface area contributed by atoms with Gasteiger partial charge in [-0.1, -0.05) is 58.4 Å². The van der Waals surface area contributed by atoms with E-state index in [0.717, 1.165) is 56.0 Å². The van der Waals surface area contributed by atoms with E-state index in [4.69, 9.17) is 9.31 Å². The molecule has 0 unspecified atom stereocenters. The van der Waals surface area contributed by atoms with Gasteiger partial charge in [-0.25, -0.2) is 0 Å². The zero-order chi connectivity index (χ0) is 36.1. The molecule has 0 saturated carbocycles. The predicted octanol–water partition coefficient (Wildman–Crippen LogP) is 9.27. The van der Waals surface area contributed by atoms with E-state index in [0.29, 0.717) is 17.7 Å². The molecule has 1 aliphatic heterocycles. The Hall–Kier alpha value is -4.14. The lowest BCUT2D eigenvalue weighted by atomic mass is 9.77. The minimum Gasteiger partial charge on any atom is -0.399 e. The van der Waals surface area contributed by atoms with Gasteiger partial charge in [0.1, 0.15) is 0 Å². The lowest BCUT2D eigenvalue weighted by Gasteiger charge is -2.32. The molecule has 3 heterocycles. The molecule has 0 atom stereocenters. The van der Waals surface area contributed by atoms with E-state index in [2.05, 4.69) is 26.1 Å². The van der Waals surface area contributed by atoms with Crippen LogP contribution in [0, 0.1) is 0 Å². The molecular weight excluding hydrogens is 725 g/mol. The maximum Gasteiger partial charge on any atom is 0.495 e. The number of aromatic nitrogens is 4. The van der Waals surface area contributed by atoms with E-state index in [-0.39, 0.29) is 6.54 Å². The molecule has 4 aromatic carbocycles. The number of hydrogen-bond acceptors (Lipinski definition) is 4. The SMILES string of the molecule is CC1(C)OB(c2cccc3nn(Cc4cccc(C(F)(F)F)c4)cc23)OC1(C)C.FC(F)(F)c1cccc(Cn2cc3c(Br)cccc3n2)c1. The van der Waals surface area contributed by atoms with Gasteiger partial charge in [-0.15, -0.1) is 0 Å². The Morgan fingerprint density at radius 3 is 1.56 bits per heavy atom. The maximum absolute atomic E-state index is 13.0. The van der Waals surface area contributed by atoms with E-state index in [1.54, 1.807) is 21.5 Å². The quantitative estimate of drug-likeness (QED) is 0.130. The van der Waals surface area contributed by atoms with Crippen LogP contribution in [0.2, 0.25) is 0 Å². The number of halogens is 7. The van der Waals surface area contributed by atoms with Crippen molar-refractivity contribution in [2.75, 3.05) is 0 Å². The van der Waals surface area contributed by atoms with E-state index in [1.807, 2.05) is 76.5 Å². The van der Waals surface area contributed by atoms with Crippen LogP contribution < -0.4 is 5.46 Å². The third kappa shape index (κ3) is 7.62. The predicted molar refractivity (Wildman–Crippen MR) is 184 cm³/mol. The molecule has 6 nitrogen and oxygen atoms in total. The Morgan fingerprint density at radius 2 is 1.08 bits per heavy atom. The van der Waals surface area contributed by atoms with Crippen molar-refractivity contribution in [1.29, 1.82) is 0 Å². The molecule has 260 valence electrons. The first-order valence-corrected chi connectivity index (χ1v) is 16.4. The minimum atomic E-state index is -4.37. The van der Waals surface area contributed by atoms with Crippen LogP contribution in [0.5, 0.6) is 0 Å². The molecule has 1 fully saturated rings. The van der Waals surface area contributed by atoms with Crippen LogP contribution >= 0.6 is 15.9 Å². The number of hydrogen-bond donors (Lipinski definition) is 0. The van der Waals surface area contributed by atoms with Gasteiger partial charge >= 0.3 is 19.5 Å². The summed E-state index contributed by atoms with van der Waals surface area (Å²) in [6, 6.07) is 21.9. The number of fused-ring (bicyclic) bond motifs is 2. The summed E-state index contributed by atoms with van der Waals surface area (Å²) in [6.45, 7) is 8.50. The summed E-state index contributed by atoms with van der Waals surface area (Å²) in [7, 11) is -0.532. The number of nitrogens with zero attached hydrogens (tertiary/aromatic N) is 4. The zero-order valence-corrected chi connectivity index (χ0v) is 29.1. The standard InChI is InChI=1S/C21H22BF3N2O2.C15H10BrF3N2/c1-19(2)20(3,4)29-22(28-19)17-9-6-10-18-16(17)13-27(26-18)12-14-7-5-8-15(11-14)21(23,24)25;16-13-5-2-6-14-12(13)9-21(20-14)8-10-3-1-4-11(7-10)15(17,18)19/h5-11,13H,12H2,1-4H3;1-7,9H,8H2. The fraction of sp³-hybridized carbons (Fsp3) is 0.278. The molecule has 2 aromatic heterocycles. The van der Waals surface area contributed by atoms with Crippen molar-refractivity contribution in [3.8, 4) is 0 Å². The summed E-state index contributed by atoms with van der Waals surface area (Å²) in [5.41, 5.74) is 1.26. The van der Waals surface area contributed by atoms with Gasteiger partial charge in [-0.05, 0) is 86.7 Å². The van der Waals surface area contributed by atoms with Gasteiger partial charge in [-0.2, -0.15) is 36.5 Å². The molecule has 0 bridgehead atoms.